The first-order chi connectivity index (χ1) is 11.0. The van der Waals surface area contributed by atoms with Crippen molar-refractivity contribution in [3.63, 3.8) is 0 Å². The third-order valence-electron chi connectivity index (χ3n) is 3.67. The Labute approximate surface area is 142 Å². The second-order valence-corrected chi connectivity index (χ2v) is 6.41. The lowest BCUT2D eigenvalue weighted by Crippen LogP contribution is -2.15. The molecular weight excluding hydrogens is 360 g/mol. The van der Waals surface area contributed by atoms with Gasteiger partial charge in [-0.1, -0.05) is 22.0 Å². The lowest BCUT2D eigenvalue weighted by molar-refractivity contribution is -0.134. The Kier molecular flexibility index (Phi) is 4.47. The van der Waals surface area contributed by atoms with Crippen LogP contribution in [0.4, 0.5) is 17.5 Å². The zero-order valence-electron chi connectivity index (χ0n) is 12.6. The number of hydrogen-bond donors (Lipinski definition) is 3. The predicted molar refractivity (Wildman–Crippen MR) is 92.3 cm³/mol. The molecule has 0 atom stereocenters. The fourth-order valence-electron chi connectivity index (χ4n) is 2.23. The van der Waals surface area contributed by atoms with Crippen LogP contribution >= 0.6 is 15.9 Å². The molecule has 7 heteroatoms. The molecule has 0 unspecified atom stereocenters. The summed E-state index contributed by atoms with van der Waals surface area (Å²) in [4.78, 5) is 19.5. The van der Waals surface area contributed by atoms with Gasteiger partial charge in [0.05, 0.1) is 5.69 Å². The van der Waals surface area contributed by atoms with E-state index in [2.05, 4.69) is 36.5 Å². The van der Waals surface area contributed by atoms with Crippen molar-refractivity contribution in [2.24, 2.45) is 0 Å². The molecule has 3 rings (SSSR count). The molecule has 23 heavy (non-hydrogen) atoms. The van der Waals surface area contributed by atoms with Gasteiger partial charge in [-0.25, -0.2) is 4.98 Å². The molecule has 6 nitrogen and oxygen atoms in total. The van der Waals surface area contributed by atoms with E-state index in [4.69, 9.17) is 5.11 Å². The average molecular weight is 377 g/mol. The molecule has 0 amide bonds. The van der Waals surface area contributed by atoms with Gasteiger partial charge in [-0.2, -0.15) is 4.98 Å². The zero-order chi connectivity index (χ0) is 16.4. The smallest absolute Gasteiger partial charge is 0.322 e. The summed E-state index contributed by atoms with van der Waals surface area (Å²) in [5, 5.41) is 14.8. The zero-order valence-corrected chi connectivity index (χ0v) is 14.2. The van der Waals surface area contributed by atoms with Crippen LogP contribution in [-0.4, -0.2) is 27.6 Å². The van der Waals surface area contributed by atoms with E-state index < -0.39 is 5.97 Å². The van der Waals surface area contributed by atoms with E-state index in [1.165, 1.54) is 0 Å². The van der Waals surface area contributed by atoms with Gasteiger partial charge in [-0.15, -0.1) is 0 Å². The summed E-state index contributed by atoms with van der Waals surface area (Å²) in [7, 11) is 0. The molecule has 1 saturated carbocycles. The van der Waals surface area contributed by atoms with Gasteiger partial charge in [0.2, 0.25) is 5.95 Å². The van der Waals surface area contributed by atoms with Gasteiger partial charge in [-0.05, 0) is 37.5 Å². The summed E-state index contributed by atoms with van der Waals surface area (Å²) in [5.74, 6) is 0.512. The van der Waals surface area contributed by atoms with Crippen molar-refractivity contribution in [2.45, 2.75) is 25.7 Å². The fraction of sp³-hybridized carbons (Fsp3) is 0.312. The van der Waals surface area contributed by atoms with Crippen molar-refractivity contribution in [1.82, 2.24) is 9.97 Å². The van der Waals surface area contributed by atoms with Gasteiger partial charge in [-0.3, -0.25) is 4.79 Å². The van der Waals surface area contributed by atoms with E-state index in [1.54, 1.807) is 0 Å². The maximum absolute atomic E-state index is 10.7. The van der Waals surface area contributed by atoms with Crippen LogP contribution in [0, 0.1) is 6.92 Å². The number of anilines is 3. The summed E-state index contributed by atoms with van der Waals surface area (Å²) in [6, 6.07) is 7.84. The SMILES string of the molecule is Cc1c(Br)cccc1Nc1cc(C2CC2)nc(NCC(=O)O)n1. The molecule has 1 aliphatic rings. The average Bonchev–Trinajstić information content (AvgIpc) is 3.34. The standard InChI is InChI=1S/C16H17BrN4O2/c1-9-11(17)3-2-4-12(9)19-14-7-13(10-5-6-10)20-16(21-14)18-8-15(22)23/h2-4,7,10H,5-6,8H2,1H3,(H,22,23)(H2,18,19,20,21). The Morgan fingerprint density at radius 3 is 2.87 bits per heavy atom. The number of rotatable bonds is 6. The monoisotopic (exact) mass is 376 g/mol. The van der Waals surface area contributed by atoms with Crippen LogP contribution in [0.1, 0.15) is 30.0 Å². The Bertz CT molecular complexity index is 747. The molecular formula is C16H17BrN4O2. The molecule has 0 bridgehead atoms. The highest BCUT2D eigenvalue weighted by Crippen LogP contribution is 2.40. The number of carboxylic acid groups (broad SMARTS) is 1. The molecule has 0 spiro atoms. The second kappa shape index (κ2) is 6.54. The van der Waals surface area contributed by atoms with Crippen molar-refractivity contribution < 1.29 is 9.90 Å². The van der Waals surface area contributed by atoms with Gasteiger partial charge in [0.1, 0.15) is 12.4 Å². The van der Waals surface area contributed by atoms with Gasteiger partial charge >= 0.3 is 5.97 Å². The van der Waals surface area contributed by atoms with E-state index in [1.807, 2.05) is 31.2 Å². The first-order valence-electron chi connectivity index (χ1n) is 7.39. The number of nitrogens with one attached hydrogen (secondary N) is 2. The normalized spacial score (nSPS) is 13.7. The largest absolute Gasteiger partial charge is 0.480 e. The predicted octanol–water partition coefficient (Wildman–Crippen LogP) is 3.67. The Hall–Kier alpha value is -2.15. The third kappa shape index (κ3) is 3.98. The Morgan fingerprint density at radius 1 is 1.39 bits per heavy atom. The van der Waals surface area contributed by atoms with E-state index in [0.717, 1.165) is 34.3 Å². The molecule has 1 aliphatic carbocycles. The van der Waals surface area contributed by atoms with E-state index in [-0.39, 0.29) is 6.54 Å². The number of aromatic nitrogens is 2. The van der Waals surface area contributed by atoms with Crippen LogP contribution in [0.3, 0.4) is 0 Å². The summed E-state index contributed by atoms with van der Waals surface area (Å²) in [6.07, 6.45) is 2.23. The van der Waals surface area contributed by atoms with Crippen LogP contribution in [0.2, 0.25) is 0 Å². The molecule has 1 heterocycles. The number of nitrogens with zero attached hydrogens (tertiary/aromatic N) is 2. The number of halogens is 1. The van der Waals surface area contributed by atoms with E-state index in [0.29, 0.717) is 17.7 Å². The van der Waals surface area contributed by atoms with Crippen molar-refractivity contribution >= 4 is 39.4 Å². The summed E-state index contributed by atoms with van der Waals surface area (Å²) >= 11 is 3.51. The highest BCUT2D eigenvalue weighted by atomic mass is 79.9. The summed E-state index contributed by atoms with van der Waals surface area (Å²) < 4.78 is 1.02. The number of benzene rings is 1. The molecule has 120 valence electrons. The second-order valence-electron chi connectivity index (χ2n) is 5.56. The van der Waals surface area contributed by atoms with Gasteiger partial charge < -0.3 is 15.7 Å². The molecule has 1 fully saturated rings. The molecule has 3 N–H and O–H groups in total. The number of carboxylic acids is 1. The highest BCUT2D eigenvalue weighted by molar-refractivity contribution is 9.10. The van der Waals surface area contributed by atoms with Gasteiger partial charge in [0.15, 0.2) is 0 Å². The maximum atomic E-state index is 10.7. The highest BCUT2D eigenvalue weighted by Gasteiger charge is 2.26. The minimum atomic E-state index is -0.942. The van der Waals surface area contributed by atoms with Crippen molar-refractivity contribution in [3.8, 4) is 0 Å². The minimum Gasteiger partial charge on any atom is -0.480 e. The lowest BCUT2D eigenvalue weighted by Gasteiger charge is -2.12. The number of aliphatic carboxylic acids is 1. The fourth-order valence-corrected chi connectivity index (χ4v) is 2.60. The van der Waals surface area contributed by atoms with Crippen LogP contribution in [0.25, 0.3) is 0 Å². The van der Waals surface area contributed by atoms with Crippen molar-refractivity contribution in [3.05, 3.63) is 40.0 Å². The molecule has 2 aromatic rings. The summed E-state index contributed by atoms with van der Waals surface area (Å²) in [5.41, 5.74) is 2.98. The van der Waals surface area contributed by atoms with Crippen molar-refractivity contribution in [2.75, 3.05) is 17.2 Å². The molecule has 0 saturated heterocycles. The van der Waals surface area contributed by atoms with Crippen LogP contribution in [-0.2, 0) is 4.79 Å². The van der Waals surface area contributed by atoms with Crippen LogP contribution in [0.5, 0.6) is 0 Å². The number of hydrogen-bond acceptors (Lipinski definition) is 5. The molecule has 0 aliphatic heterocycles. The van der Waals surface area contributed by atoms with Gasteiger partial charge in [0.25, 0.3) is 0 Å². The van der Waals surface area contributed by atoms with E-state index in [9.17, 15) is 4.79 Å². The van der Waals surface area contributed by atoms with Gasteiger partial charge in [0, 0.05) is 22.1 Å². The van der Waals surface area contributed by atoms with Crippen molar-refractivity contribution in [1.29, 1.82) is 0 Å². The molecule has 1 aromatic heterocycles. The maximum Gasteiger partial charge on any atom is 0.322 e. The van der Waals surface area contributed by atoms with E-state index >= 15 is 0 Å². The lowest BCUT2D eigenvalue weighted by atomic mass is 10.2. The quantitative estimate of drug-likeness (QED) is 0.712. The number of carbonyl (C=O) groups is 1. The topological polar surface area (TPSA) is 87.1 Å². The first kappa shape index (κ1) is 15.7. The Morgan fingerprint density at radius 2 is 2.17 bits per heavy atom. The summed E-state index contributed by atoms with van der Waals surface area (Å²) in [6.45, 7) is 1.81. The molecule has 1 aromatic carbocycles. The van der Waals surface area contributed by atoms with Crippen LogP contribution in [0.15, 0.2) is 28.7 Å². The minimum absolute atomic E-state index is 0.205. The third-order valence-corrected chi connectivity index (χ3v) is 4.53. The molecule has 0 radical (unpaired) electrons. The van der Waals surface area contributed by atoms with Crippen LogP contribution < -0.4 is 10.6 Å². The first-order valence-corrected chi connectivity index (χ1v) is 8.19. The Balaban J connectivity index is 1.88.